The minimum absolute atomic E-state index is 0.332. The first kappa shape index (κ1) is 27.2. The summed E-state index contributed by atoms with van der Waals surface area (Å²) in [7, 11) is 0. The van der Waals surface area contributed by atoms with Crippen LogP contribution in [0, 0.1) is 0 Å². The van der Waals surface area contributed by atoms with E-state index in [-0.39, 0.29) is 0 Å². The average molecular weight is 451 g/mol. The highest BCUT2D eigenvalue weighted by molar-refractivity contribution is 5.88. The number of aryl methyl sites for hydroxylation is 1. The highest BCUT2D eigenvalue weighted by Crippen LogP contribution is 2.21. The van der Waals surface area contributed by atoms with Crippen molar-refractivity contribution in [1.82, 2.24) is 0 Å². The lowest BCUT2D eigenvalue weighted by molar-refractivity contribution is 0.0697. The third-order valence-electron chi connectivity index (χ3n) is 6.74. The summed E-state index contributed by atoms with van der Waals surface area (Å²) in [5, 5.41) is 9.02. The van der Waals surface area contributed by atoms with E-state index in [4.69, 9.17) is 5.11 Å². The van der Waals surface area contributed by atoms with E-state index in [0.29, 0.717) is 5.56 Å². The molecule has 182 valence electrons. The summed E-state index contributed by atoms with van der Waals surface area (Å²) in [5.41, 5.74) is 3.93. The number of hydrogen-bond acceptors (Lipinski definition) is 1. The third-order valence-corrected chi connectivity index (χ3v) is 6.74. The molecule has 0 heterocycles. The molecular weight excluding hydrogens is 404 g/mol. The molecule has 2 aromatic carbocycles. The van der Waals surface area contributed by atoms with E-state index < -0.39 is 5.97 Å². The zero-order valence-electron chi connectivity index (χ0n) is 21.0. The van der Waals surface area contributed by atoms with Gasteiger partial charge in [-0.25, -0.2) is 4.79 Å². The van der Waals surface area contributed by atoms with E-state index in [9.17, 15) is 4.79 Å². The maximum absolute atomic E-state index is 11.0. The van der Waals surface area contributed by atoms with Crippen molar-refractivity contribution in [2.75, 3.05) is 0 Å². The number of aromatic carboxylic acids is 1. The fourth-order valence-electron chi connectivity index (χ4n) is 4.55. The van der Waals surface area contributed by atoms with Gasteiger partial charge in [0.2, 0.25) is 0 Å². The van der Waals surface area contributed by atoms with Crippen molar-refractivity contribution in [2.45, 2.75) is 116 Å². The van der Waals surface area contributed by atoms with Crippen LogP contribution in [-0.4, -0.2) is 11.1 Å². The summed E-state index contributed by atoms with van der Waals surface area (Å²) >= 11 is 0. The molecule has 0 aliphatic carbocycles. The zero-order chi connectivity index (χ0) is 23.6. The quantitative estimate of drug-likeness (QED) is 0.216. The molecule has 2 heteroatoms. The number of rotatable bonds is 19. The molecule has 0 aliphatic rings. The predicted octanol–water partition coefficient (Wildman–Crippen LogP) is 9.86. The smallest absolute Gasteiger partial charge is 0.335 e. The van der Waals surface area contributed by atoms with Gasteiger partial charge in [0.05, 0.1) is 5.56 Å². The molecule has 1 N–H and O–H groups in total. The first-order valence-corrected chi connectivity index (χ1v) is 13.6. The second-order valence-electron chi connectivity index (χ2n) is 9.63. The summed E-state index contributed by atoms with van der Waals surface area (Å²) in [6.07, 6.45) is 23.7. The van der Waals surface area contributed by atoms with Crippen LogP contribution in [0.2, 0.25) is 0 Å². The first-order chi connectivity index (χ1) is 16.2. The van der Waals surface area contributed by atoms with Gasteiger partial charge in [-0.15, -0.1) is 0 Å². The monoisotopic (exact) mass is 450 g/mol. The van der Waals surface area contributed by atoms with Crippen LogP contribution in [0.1, 0.15) is 126 Å². The van der Waals surface area contributed by atoms with E-state index >= 15 is 0 Å². The molecule has 0 saturated carbocycles. The van der Waals surface area contributed by atoms with Crippen LogP contribution in [0.3, 0.4) is 0 Å². The summed E-state index contributed by atoms with van der Waals surface area (Å²) < 4.78 is 0. The molecule has 2 rings (SSSR count). The van der Waals surface area contributed by atoms with Crippen LogP contribution in [0.5, 0.6) is 0 Å². The van der Waals surface area contributed by atoms with Crippen LogP contribution in [0.25, 0.3) is 11.1 Å². The van der Waals surface area contributed by atoms with Crippen molar-refractivity contribution < 1.29 is 9.90 Å². The summed E-state index contributed by atoms with van der Waals surface area (Å²) in [5.74, 6) is -0.879. The van der Waals surface area contributed by atoms with E-state index in [1.54, 1.807) is 12.1 Å². The number of benzene rings is 2. The van der Waals surface area contributed by atoms with Crippen LogP contribution in [0.15, 0.2) is 48.5 Å². The van der Waals surface area contributed by atoms with E-state index in [2.05, 4.69) is 31.2 Å². The lowest BCUT2D eigenvalue weighted by Gasteiger charge is -2.06. The van der Waals surface area contributed by atoms with Gasteiger partial charge >= 0.3 is 5.97 Å². The number of unbranched alkanes of at least 4 members (excludes halogenated alkanes) is 15. The van der Waals surface area contributed by atoms with Crippen LogP contribution < -0.4 is 0 Å². The van der Waals surface area contributed by atoms with Crippen LogP contribution in [-0.2, 0) is 6.42 Å². The van der Waals surface area contributed by atoms with Crippen molar-refractivity contribution in [3.8, 4) is 11.1 Å². The Morgan fingerprint density at radius 3 is 1.30 bits per heavy atom. The lowest BCUT2D eigenvalue weighted by Crippen LogP contribution is -1.95. The lowest BCUT2D eigenvalue weighted by atomic mass is 10.00. The number of hydrogen-bond donors (Lipinski definition) is 1. The van der Waals surface area contributed by atoms with Gasteiger partial charge in [-0.3, -0.25) is 0 Å². The van der Waals surface area contributed by atoms with Crippen molar-refractivity contribution in [3.05, 3.63) is 59.7 Å². The van der Waals surface area contributed by atoms with Crippen molar-refractivity contribution in [3.63, 3.8) is 0 Å². The molecule has 0 bridgehead atoms. The maximum Gasteiger partial charge on any atom is 0.335 e. The van der Waals surface area contributed by atoms with Crippen molar-refractivity contribution >= 4 is 5.97 Å². The molecule has 0 unspecified atom stereocenters. The van der Waals surface area contributed by atoms with Gasteiger partial charge in [0.1, 0.15) is 0 Å². The van der Waals surface area contributed by atoms with E-state index in [1.165, 1.54) is 108 Å². The molecule has 0 atom stereocenters. The molecule has 33 heavy (non-hydrogen) atoms. The highest BCUT2D eigenvalue weighted by Gasteiger charge is 2.03. The Bertz CT molecular complexity index is 745. The van der Waals surface area contributed by atoms with Gasteiger partial charge in [0.15, 0.2) is 0 Å². The van der Waals surface area contributed by atoms with Crippen molar-refractivity contribution in [1.29, 1.82) is 0 Å². The summed E-state index contributed by atoms with van der Waals surface area (Å²) in [6.45, 7) is 2.29. The molecule has 0 fully saturated rings. The Morgan fingerprint density at radius 1 is 0.545 bits per heavy atom. The van der Waals surface area contributed by atoms with Gasteiger partial charge in [-0.05, 0) is 41.7 Å². The Labute approximate surface area is 202 Å². The largest absolute Gasteiger partial charge is 0.478 e. The van der Waals surface area contributed by atoms with Crippen LogP contribution >= 0.6 is 0 Å². The Balaban J connectivity index is 1.44. The molecule has 2 aromatic rings. The fraction of sp³-hybridized carbons (Fsp3) is 0.581. The molecule has 0 spiro atoms. The minimum atomic E-state index is -0.879. The van der Waals surface area contributed by atoms with Crippen molar-refractivity contribution in [2.24, 2.45) is 0 Å². The number of carboxylic acids is 1. The SMILES string of the molecule is CCCCCCCCCCCCCCCCCCc1ccc(-c2ccc(C(=O)O)cc2)cc1. The topological polar surface area (TPSA) is 37.3 Å². The Kier molecular flexibility index (Phi) is 14.3. The second-order valence-corrected chi connectivity index (χ2v) is 9.63. The minimum Gasteiger partial charge on any atom is -0.478 e. The van der Waals surface area contributed by atoms with E-state index in [0.717, 1.165) is 17.5 Å². The normalized spacial score (nSPS) is 11.1. The fourth-order valence-corrected chi connectivity index (χ4v) is 4.55. The Morgan fingerprint density at radius 2 is 0.909 bits per heavy atom. The first-order valence-electron chi connectivity index (χ1n) is 13.6. The molecule has 0 radical (unpaired) electrons. The maximum atomic E-state index is 11.0. The summed E-state index contributed by atoms with van der Waals surface area (Å²) in [4.78, 5) is 11.0. The molecule has 2 nitrogen and oxygen atoms in total. The predicted molar refractivity (Wildman–Crippen MR) is 142 cm³/mol. The van der Waals surface area contributed by atoms with Gasteiger partial charge in [0.25, 0.3) is 0 Å². The number of carboxylic acid groups (broad SMARTS) is 1. The Hall–Kier alpha value is -2.09. The molecule has 0 aliphatic heterocycles. The van der Waals surface area contributed by atoms with Gasteiger partial charge in [-0.2, -0.15) is 0 Å². The van der Waals surface area contributed by atoms with Gasteiger partial charge < -0.3 is 5.11 Å². The molecule has 0 amide bonds. The van der Waals surface area contributed by atoms with E-state index in [1.807, 2.05) is 12.1 Å². The average Bonchev–Trinajstić information content (AvgIpc) is 2.84. The number of carbonyl (C=O) groups is 1. The molecular formula is C31H46O2. The van der Waals surface area contributed by atoms with Gasteiger partial charge in [-0.1, -0.05) is 140 Å². The molecule has 0 saturated heterocycles. The van der Waals surface area contributed by atoms with Crippen LogP contribution in [0.4, 0.5) is 0 Å². The van der Waals surface area contributed by atoms with Gasteiger partial charge in [0, 0.05) is 0 Å². The summed E-state index contributed by atoms with van der Waals surface area (Å²) in [6, 6.07) is 15.8. The second kappa shape index (κ2) is 17.4. The zero-order valence-corrected chi connectivity index (χ0v) is 21.0. The third kappa shape index (κ3) is 12.1. The highest BCUT2D eigenvalue weighted by atomic mass is 16.4. The standard InChI is InChI=1S/C31H46O2/c1-2-3-4-5-6-7-8-9-10-11-12-13-14-15-16-17-18-27-19-21-28(22-20-27)29-23-25-30(26-24-29)31(32)33/h19-26H,2-18H2,1H3,(H,32,33). The molecule has 0 aromatic heterocycles.